The third-order valence-electron chi connectivity index (χ3n) is 7.22. The number of aliphatic hydroxyl groups is 1. The van der Waals surface area contributed by atoms with Crippen LogP contribution in [0.2, 0.25) is 0 Å². The highest BCUT2D eigenvalue weighted by Crippen LogP contribution is 2.57. The van der Waals surface area contributed by atoms with Crippen LogP contribution in [-0.4, -0.2) is 81.6 Å². The second-order valence-electron chi connectivity index (χ2n) is 11.6. The summed E-state index contributed by atoms with van der Waals surface area (Å²) in [7, 11) is 0. The van der Waals surface area contributed by atoms with Gasteiger partial charge in [-0.25, -0.2) is 18.7 Å². The highest BCUT2D eigenvalue weighted by atomic mass is 32.1. The molecule has 43 heavy (non-hydrogen) atoms. The molecule has 4 rings (SSSR count). The summed E-state index contributed by atoms with van der Waals surface area (Å²) in [6, 6.07) is -0.491. The van der Waals surface area contributed by atoms with Crippen LogP contribution >= 0.6 is 11.3 Å². The number of ketones is 1. The molecule has 2 aliphatic rings. The van der Waals surface area contributed by atoms with Crippen molar-refractivity contribution in [1.82, 2.24) is 20.2 Å². The molecule has 8 nitrogen and oxygen atoms in total. The Labute approximate surface area is 244 Å². The number of carbonyl (C=O) groups is 2. The van der Waals surface area contributed by atoms with E-state index < -0.39 is 106 Å². The van der Waals surface area contributed by atoms with Crippen molar-refractivity contribution in [3.8, 4) is 10.4 Å². The maximum atomic E-state index is 14.3. The average molecular weight is 644 g/mol. The summed E-state index contributed by atoms with van der Waals surface area (Å²) in [6.07, 6.45) is -10.00. The third kappa shape index (κ3) is 7.42. The van der Waals surface area contributed by atoms with Gasteiger partial charge < -0.3 is 20.6 Å². The smallest absolute Gasteiger partial charge is 0.389 e. The van der Waals surface area contributed by atoms with Crippen LogP contribution in [0, 0.1) is 5.41 Å². The first-order valence-electron chi connectivity index (χ1n) is 13.2. The zero-order valence-corrected chi connectivity index (χ0v) is 24.0. The quantitative estimate of drug-likeness (QED) is 0.236. The van der Waals surface area contributed by atoms with E-state index in [1.54, 1.807) is 0 Å². The zero-order chi connectivity index (χ0) is 32.2. The molecule has 0 radical (unpaired) electrons. The number of halogens is 8. The van der Waals surface area contributed by atoms with Gasteiger partial charge in [0, 0.05) is 37.3 Å². The van der Waals surface area contributed by atoms with Crippen molar-refractivity contribution < 1.29 is 49.8 Å². The van der Waals surface area contributed by atoms with Crippen molar-refractivity contribution in [2.45, 2.75) is 70.0 Å². The lowest BCUT2D eigenvalue weighted by Crippen LogP contribution is -2.37. The number of hydrogen-bond acceptors (Lipinski definition) is 8. The summed E-state index contributed by atoms with van der Waals surface area (Å²) in [5, 5.41) is 14.4. The van der Waals surface area contributed by atoms with Gasteiger partial charge in [0.25, 0.3) is 11.8 Å². The summed E-state index contributed by atoms with van der Waals surface area (Å²) in [5.41, 5.74) is -6.00. The van der Waals surface area contributed by atoms with E-state index in [2.05, 4.69) is 20.6 Å². The molecule has 2 aromatic rings. The number of alkyl halides is 8. The van der Waals surface area contributed by atoms with Crippen LogP contribution in [0.5, 0.6) is 0 Å². The summed E-state index contributed by atoms with van der Waals surface area (Å²) in [4.78, 5) is 34.4. The van der Waals surface area contributed by atoms with Gasteiger partial charge in [0.15, 0.2) is 5.01 Å². The fourth-order valence-corrected chi connectivity index (χ4v) is 5.70. The number of amides is 1. The minimum absolute atomic E-state index is 0.0324. The summed E-state index contributed by atoms with van der Waals surface area (Å²) >= 11 is 0.427. The number of anilines is 1. The molecular formula is C26H29F8N5O3S. The molecule has 17 heteroatoms. The number of thiazole rings is 1. The molecule has 1 saturated carbocycles. The Morgan fingerprint density at radius 3 is 2.33 bits per heavy atom. The molecule has 1 saturated heterocycles. The monoisotopic (exact) mass is 643 g/mol. The van der Waals surface area contributed by atoms with Crippen LogP contribution in [0.4, 0.5) is 40.9 Å². The van der Waals surface area contributed by atoms with Crippen LogP contribution in [0.25, 0.3) is 10.4 Å². The molecule has 0 aromatic carbocycles. The number of pyridine rings is 1. The molecule has 238 valence electrons. The highest BCUT2D eigenvalue weighted by molar-refractivity contribution is 7.17. The number of likely N-dealkylation sites (tertiary alicyclic amines) is 1. The van der Waals surface area contributed by atoms with Gasteiger partial charge in [-0.3, -0.25) is 9.59 Å². The second-order valence-corrected chi connectivity index (χ2v) is 12.6. The Morgan fingerprint density at radius 1 is 1.16 bits per heavy atom. The molecule has 1 aliphatic heterocycles. The minimum Gasteiger partial charge on any atom is -0.389 e. The van der Waals surface area contributed by atoms with Crippen molar-refractivity contribution in [2.75, 3.05) is 31.5 Å². The lowest BCUT2D eigenvalue weighted by atomic mass is 10.1. The Hall–Kier alpha value is -2.92. The van der Waals surface area contributed by atoms with Gasteiger partial charge in [-0.1, -0.05) is 0 Å². The molecule has 0 unspecified atom stereocenters. The topological polar surface area (TPSA) is 107 Å². The standard InChI is InChI=1S/C26H29F8N5O3S/c1-13-7-24(27,28)12-39(13)21(41)18-19(43-20(38-18)16(40)9-35-10-22(2,3)42)14-8-36-17(6-15(14)25(29,30)31)37-11-23(4-5-23)26(32,33)34/h6,8,13,35,42H,4-5,7,9-12H2,1-3H3,(H,36,37)/t13-/m0/s1. The first kappa shape index (κ1) is 33.0. The largest absolute Gasteiger partial charge is 0.417 e. The minimum atomic E-state index is -5.09. The first-order valence-corrected chi connectivity index (χ1v) is 14.0. The number of nitrogens with one attached hydrogen (secondary N) is 2. The van der Waals surface area contributed by atoms with E-state index in [4.69, 9.17) is 0 Å². The summed E-state index contributed by atoms with van der Waals surface area (Å²) in [5.74, 6) is -5.60. The SMILES string of the molecule is C[C@H]1CC(F)(F)CN1C(=O)c1nc(C(=O)CNCC(C)(C)O)sc1-c1cnc(NCC2(C(F)(F)F)CC2)cc1C(F)(F)F. The lowest BCUT2D eigenvalue weighted by Gasteiger charge is -2.21. The molecule has 1 aliphatic carbocycles. The zero-order valence-electron chi connectivity index (χ0n) is 23.2. The Morgan fingerprint density at radius 2 is 1.81 bits per heavy atom. The highest BCUT2D eigenvalue weighted by Gasteiger charge is 2.63. The van der Waals surface area contributed by atoms with E-state index in [0.717, 1.165) is 4.90 Å². The van der Waals surface area contributed by atoms with Gasteiger partial charge in [0.05, 0.1) is 34.5 Å². The van der Waals surface area contributed by atoms with Crippen molar-refractivity contribution in [3.63, 3.8) is 0 Å². The number of rotatable bonds is 10. The number of hydrogen-bond donors (Lipinski definition) is 3. The Kier molecular flexibility index (Phi) is 8.60. The van der Waals surface area contributed by atoms with Gasteiger partial charge in [0.1, 0.15) is 11.5 Å². The number of Topliss-reactive ketones (excluding diaryl/α,β-unsaturated/α-hetero) is 1. The molecular weight excluding hydrogens is 614 g/mol. The van der Waals surface area contributed by atoms with Gasteiger partial charge >= 0.3 is 12.4 Å². The van der Waals surface area contributed by atoms with Crippen LogP contribution in [0.1, 0.15) is 65.9 Å². The van der Waals surface area contributed by atoms with E-state index in [0.29, 0.717) is 23.6 Å². The third-order valence-corrected chi connectivity index (χ3v) is 8.35. The van der Waals surface area contributed by atoms with Crippen molar-refractivity contribution in [1.29, 1.82) is 0 Å². The van der Waals surface area contributed by atoms with Crippen LogP contribution in [0.15, 0.2) is 12.3 Å². The first-order chi connectivity index (χ1) is 19.6. The number of carbonyl (C=O) groups excluding carboxylic acids is 2. The Balaban J connectivity index is 1.73. The average Bonchev–Trinajstić information content (AvgIpc) is 3.45. The predicted molar refractivity (Wildman–Crippen MR) is 140 cm³/mol. The lowest BCUT2D eigenvalue weighted by molar-refractivity contribution is -0.182. The number of nitrogens with zero attached hydrogens (tertiary/aromatic N) is 3. The van der Waals surface area contributed by atoms with E-state index in [1.165, 1.54) is 20.8 Å². The van der Waals surface area contributed by atoms with Crippen LogP contribution < -0.4 is 10.6 Å². The summed E-state index contributed by atoms with van der Waals surface area (Å²) < 4.78 is 111. The Bertz CT molecular complexity index is 1380. The van der Waals surface area contributed by atoms with Gasteiger partial charge in [0.2, 0.25) is 5.78 Å². The molecule has 2 aromatic heterocycles. The molecule has 1 atom stereocenters. The fourth-order valence-electron chi connectivity index (χ4n) is 4.68. The van der Waals surface area contributed by atoms with Gasteiger partial charge in [-0.15, -0.1) is 11.3 Å². The molecule has 0 spiro atoms. The predicted octanol–water partition coefficient (Wildman–Crippen LogP) is 5.39. The summed E-state index contributed by atoms with van der Waals surface area (Å²) in [6.45, 7) is 2.14. The maximum absolute atomic E-state index is 14.3. The molecule has 3 heterocycles. The van der Waals surface area contributed by atoms with Crippen LogP contribution in [0.3, 0.4) is 0 Å². The van der Waals surface area contributed by atoms with Crippen molar-refractivity contribution >= 4 is 28.8 Å². The fraction of sp³-hybridized carbons (Fsp3) is 0.615. The van der Waals surface area contributed by atoms with Crippen molar-refractivity contribution in [2.24, 2.45) is 5.41 Å². The number of aromatic nitrogens is 2. The van der Waals surface area contributed by atoms with Gasteiger partial charge in [-0.05, 0) is 39.7 Å². The van der Waals surface area contributed by atoms with Crippen LogP contribution in [-0.2, 0) is 6.18 Å². The van der Waals surface area contributed by atoms with E-state index in [9.17, 15) is 49.8 Å². The van der Waals surface area contributed by atoms with Crippen molar-refractivity contribution in [3.05, 3.63) is 28.5 Å². The van der Waals surface area contributed by atoms with E-state index in [1.807, 2.05) is 0 Å². The molecule has 1 amide bonds. The van der Waals surface area contributed by atoms with E-state index in [-0.39, 0.29) is 19.4 Å². The molecule has 3 N–H and O–H groups in total. The maximum Gasteiger partial charge on any atom is 0.417 e. The second kappa shape index (κ2) is 11.2. The molecule has 2 fully saturated rings. The molecule has 0 bridgehead atoms. The van der Waals surface area contributed by atoms with Gasteiger partial charge in [-0.2, -0.15) is 26.3 Å². The normalized spacial score (nSPS) is 19.9. The van der Waals surface area contributed by atoms with E-state index >= 15 is 0 Å².